The van der Waals surface area contributed by atoms with Gasteiger partial charge < -0.3 is 19.1 Å². The summed E-state index contributed by atoms with van der Waals surface area (Å²) in [6.07, 6.45) is -0.482. The van der Waals surface area contributed by atoms with Crippen molar-refractivity contribution in [1.29, 1.82) is 0 Å². The Kier molecular flexibility index (Phi) is 4.87. The molecule has 0 aromatic heterocycles. The number of nitro benzene ring substituents is 1. The standard InChI is InChI=1S/C20H20N2O6/c1-13-11-21(12-19(28-13)14-5-3-2-4-6-14)20(23)15-9-17-18(27-8-7-26-17)10-16(15)22(24)25/h2-6,9-10,13,19H,7-8,11-12H2,1H3/t13-,19-/m0/s1. The molecular weight excluding hydrogens is 364 g/mol. The van der Waals surface area contributed by atoms with Crippen LogP contribution in [0.5, 0.6) is 11.5 Å². The number of carbonyl (C=O) groups is 1. The van der Waals surface area contributed by atoms with E-state index < -0.39 is 10.8 Å². The summed E-state index contributed by atoms with van der Waals surface area (Å²) in [7, 11) is 0. The number of hydrogen-bond acceptors (Lipinski definition) is 6. The van der Waals surface area contributed by atoms with Gasteiger partial charge in [-0.3, -0.25) is 14.9 Å². The van der Waals surface area contributed by atoms with Gasteiger partial charge in [-0.2, -0.15) is 0 Å². The lowest BCUT2D eigenvalue weighted by Crippen LogP contribution is -2.46. The fourth-order valence-electron chi connectivity index (χ4n) is 3.54. The quantitative estimate of drug-likeness (QED) is 0.597. The molecule has 8 nitrogen and oxygen atoms in total. The molecule has 0 radical (unpaired) electrons. The van der Waals surface area contributed by atoms with Gasteiger partial charge in [0.15, 0.2) is 11.5 Å². The fourth-order valence-corrected chi connectivity index (χ4v) is 3.54. The van der Waals surface area contributed by atoms with Crippen molar-refractivity contribution < 1.29 is 23.9 Å². The lowest BCUT2D eigenvalue weighted by Gasteiger charge is -2.37. The fraction of sp³-hybridized carbons (Fsp3) is 0.350. The van der Waals surface area contributed by atoms with E-state index in [2.05, 4.69) is 0 Å². The molecule has 0 unspecified atom stereocenters. The van der Waals surface area contributed by atoms with Crippen LogP contribution in [-0.4, -0.2) is 48.1 Å². The largest absolute Gasteiger partial charge is 0.486 e. The normalized spacial score (nSPS) is 21.2. The molecular formula is C20H20N2O6. The van der Waals surface area contributed by atoms with Gasteiger partial charge in [0.2, 0.25) is 0 Å². The van der Waals surface area contributed by atoms with Crippen molar-refractivity contribution in [3.8, 4) is 11.5 Å². The van der Waals surface area contributed by atoms with Crippen LogP contribution in [0.2, 0.25) is 0 Å². The topological polar surface area (TPSA) is 91.1 Å². The first-order valence-electron chi connectivity index (χ1n) is 9.10. The summed E-state index contributed by atoms with van der Waals surface area (Å²) in [5.74, 6) is 0.216. The predicted octanol–water partition coefficient (Wildman–Crippen LogP) is 2.97. The Bertz CT molecular complexity index is 901. The molecule has 2 aromatic rings. The molecule has 2 aromatic carbocycles. The summed E-state index contributed by atoms with van der Waals surface area (Å²) in [6, 6.07) is 12.3. The van der Waals surface area contributed by atoms with Crippen LogP contribution in [0.1, 0.15) is 28.9 Å². The first kappa shape index (κ1) is 18.2. The third-order valence-corrected chi connectivity index (χ3v) is 4.81. The summed E-state index contributed by atoms with van der Waals surface area (Å²) in [6.45, 7) is 3.21. The predicted molar refractivity (Wildman–Crippen MR) is 99.7 cm³/mol. The van der Waals surface area contributed by atoms with Crippen LogP contribution < -0.4 is 9.47 Å². The Morgan fingerprint density at radius 3 is 2.46 bits per heavy atom. The van der Waals surface area contributed by atoms with E-state index in [0.29, 0.717) is 32.1 Å². The van der Waals surface area contributed by atoms with Gasteiger partial charge in [-0.25, -0.2) is 0 Å². The smallest absolute Gasteiger partial charge is 0.286 e. The molecule has 0 spiro atoms. The molecule has 1 saturated heterocycles. The van der Waals surface area contributed by atoms with E-state index in [4.69, 9.17) is 14.2 Å². The lowest BCUT2D eigenvalue weighted by atomic mass is 10.0. The molecule has 0 saturated carbocycles. The molecule has 0 bridgehead atoms. The molecule has 2 atom stereocenters. The highest BCUT2D eigenvalue weighted by Crippen LogP contribution is 2.37. The highest BCUT2D eigenvalue weighted by Gasteiger charge is 2.34. The summed E-state index contributed by atoms with van der Waals surface area (Å²) in [5, 5.41) is 11.6. The summed E-state index contributed by atoms with van der Waals surface area (Å²) in [4.78, 5) is 25.8. The molecule has 1 amide bonds. The molecule has 2 heterocycles. The highest BCUT2D eigenvalue weighted by atomic mass is 16.6. The van der Waals surface area contributed by atoms with Crippen molar-refractivity contribution in [3.63, 3.8) is 0 Å². The Morgan fingerprint density at radius 2 is 1.79 bits per heavy atom. The van der Waals surface area contributed by atoms with Crippen LogP contribution in [-0.2, 0) is 4.74 Å². The average molecular weight is 384 g/mol. The molecule has 146 valence electrons. The van der Waals surface area contributed by atoms with Crippen LogP contribution in [0.25, 0.3) is 0 Å². The molecule has 0 aliphatic carbocycles. The van der Waals surface area contributed by atoms with E-state index in [1.807, 2.05) is 37.3 Å². The number of fused-ring (bicyclic) bond motifs is 1. The maximum absolute atomic E-state index is 13.2. The van der Waals surface area contributed by atoms with Gasteiger partial charge in [0.1, 0.15) is 24.9 Å². The minimum atomic E-state index is -0.565. The van der Waals surface area contributed by atoms with E-state index >= 15 is 0 Å². The van der Waals surface area contributed by atoms with Crippen LogP contribution in [0.3, 0.4) is 0 Å². The number of benzene rings is 2. The van der Waals surface area contributed by atoms with Crippen LogP contribution in [0.4, 0.5) is 5.69 Å². The van der Waals surface area contributed by atoms with E-state index in [1.54, 1.807) is 4.90 Å². The van der Waals surface area contributed by atoms with Crippen molar-refractivity contribution in [2.45, 2.75) is 19.1 Å². The van der Waals surface area contributed by atoms with Gasteiger partial charge in [0.25, 0.3) is 11.6 Å². The van der Waals surface area contributed by atoms with Crippen LogP contribution in [0, 0.1) is 10.1 Å². The molecule has 0 N–H and O–H groups in total. The second kappa shape index (κ2) is 7.47. The zero-order chi connectivity index (χ0) is 19.7. The molecule has 28 heavy (non-hydrogen) atoms. The van der Waals surface area contributed by atoms with Gasteiger partial charge in [-0.1, -0.05) is 30.3 Å². The number of carbonyl (C=O) groups excluding carboxylic acids is 1. The minimum Gasteiger partial charge on any atom is -0.486 e. The van der Waals surface area contributed by atoms with Gasteiger partial charge in [0, 0.05) is 12.6 Å². The summed E-state index contributed by atoms with van der Waals surface area (Å²) >= 11 is 0. The molecule has 1 fully saturated rings. The second-order valence-electron chi connectivity index (χ2n) is 6.83. The Hall–Kier alpha value is -3.13. The number of nitro groups is 1. The summed E-state index contributed by atoms with van der Waals surface area (Å²) < 4.78 is 16.9. The van der Waals surface area contributed by atoms with Gasteiger partial charge >= 0.3 is 0 Å². The number of hydrogen-bond donors (Lipinski definition) is 0. The third-order valence-electron chi connectivity index (χ3n) is 4.81. The Balaban J connectivity index is 1.65. The first-order chi connectivity index (χ1) is 13.5. The van der Waals surface area contributed by atoms with Crippen LogP contribution >= 0.6 is 0 Å². The highest BCUT2D eigenvalue weighted by molar-refractivity contribution is 5.99. The van der Waals surface area contributed by atoms with Crippen molar-refractivity contribution in [1.82, 2.24) is 4.90 Å². The Morgan fingerprint density at radius 1 is 1.11 bits per heavy atom. The van der Waals surface area contributed by atoms with Gasteiger partial charge in [-0.15, -0.1) is 0 Å². The van der Waals surface area contributed by atoms with Gasteiger partial charge in [-0.05, 0) is 12.5 Å². The number of morpholine rings is 1. The SMILES string of the molecule is C[C@H]1CN(C(=O)c2cc3c(cc2[N+](=O)[O-])OCCO3)C[C@@H](c2ccccc2)O1. The zero-order valence-corrected chi connectivity index (χ0v) is 15.4. The molecule has 4 rings (SSSR count). The van der Waals surface area contributed by atoms with E-state index in [-0.39, 0.29) is 29.2 Å². The van der Waals surface area contributed by atoms with Crippen LogP contribution in [0.15, 0.2) is 42.5 Å². The number of amides is 1. The van der Waals surface area contributed by atoms with Crippen molar-refractivity contribution >= 4 is 11.6 Å². The van der Waals surface area contributed by atoms with Gasteiger partial charge in [0.05, 0.1) is 23.6 Å². The third kappa shape index (κ3) is 3.50. The van der Waals surface area contributed by atoms with Crippen molar-refractivity contribution in [3.05, 3.63) is 63.7 Å². The van der Waals surface area contributed by atoms with E-state index in [0.717, 1.165) is 5.56 Å². The Labute approximate surface area is 161 Å². The molecule has 2 aliphatic rings. The van der Waals surface area contributed by atoms with E-state index in [9.17, 15) is 14.9 Å². The van der Waals surface area contributed by atoms with Crippen molar-refractivity contribution in [2.75, 3.05) is 26.3 Å². The number of rotatable bonds is 3. The zero-order valence-electron chi connectivity index (χ0n) is 15.4. The number of nitrogens with zero attached hydrogens (tertiary/aromatic N) is 2. The van der Waals surface area contributed by atoms with Crippen molar-refractivity contribution in [2.24, 2.45) is 0 Å². The minimum absolute atomic E-state index is 0.00448. The maximum Gasteiger partial charge on any atom is 0.286 e. The average Bonchev–Trinajstić information content (AvgIpc) is 2.72. The first-order valence-corrected chi connectivity index (χ1v) is 9.10. The van der Waals surface area contributed by atoms with E-state index in [1.165, 1.54) is 12.1 Å². The monoisotopic (exact) mass is 384 g/mol. The lowest BCUT2D eigenvalue weighted by molar-refractivity contribution is -0.385. The second-order valence-corrected chi connectivity index (χ2v) is 6.83. The molecule has 2 aliphatic heterocycles. The number of ether oxygens (including phenoxy) is 3. The molecule has 8 heteroatoms. The maximum atomic E-state index is 13.2. The summed E-state index contributed by atoms with van der Waals surface area (Å²) in [5.41, 5.74) is 0.670.